The molecule has 2 rings (SSSR count). The first-order valence-corrected chi connectivity index (χ1v) is 10.2. The molecule has 25 heavy (non-hydrogen) atoms. The van der Waals surface area contributed by atoms with Crippen LogP contribution in [-0.4, -0.2) is 29.9 Å². The zero-order valence-corrected chi connectivity index (χ0v) is 14.6. The van der Waals surface area contributed by atoms with Crippen LogP contribution in [0.1, 0.15) is 6.42 Å². The van der Waals surface area contributed by atoms with Crippen molar-refractivity contribution >= 4 is 20.0 Å². The van der Waals surface area contributed by atoms with Gasteiger partial charge in [0, 0.05) is 13.1 Å². The molecule has 2 aromatic carbocycles. The van der Waals surface area contributed by atoms with Crippen molar-refractivity contribution in [1.82, 2.24) is 9.44 Å². The first-order chi connectivity index (χ1) is 11.7. The van der Waals surface area contributed by atoms with Crippen LogP contribution in [0.25, 0.3) is 0 Å². The monoisotopic (exact) mass is 390 g/mol. The molecule has 0 bridgehead atoms. The quantitative estimate of drug-likeness (QED) is 0.670. The molecule has 0 saturated heterocycles. The smallest absolute Gasteiger partial charge is 0.211 e. The van der Waals surface area contributed by atoms with Crippen LogP contribution in [0.4, 0.5) is 8.78 Å². The molecule has 136 valence electrons. The van der Waals surface area contributed by atoms with Gasteiger partial charge in [-0.1, -0.05) is 12.1 Å². The van der Waals surface area contributed by atoms with E-state index in [0.717, 1.165) is 24.3 Å². The van der Waals surface area contributed by atoms with Crippen LogP contribution < -0.4 is 9.44 Å². The molecule has 0 aliphatic heterocycles. The number of nitrogens with one attached hydrogen (secondary N) is 2. The van der Waals surface area contributed by atoms with Crippen molar-refractivity contribution < 1.29 is 25.6 Å². The molecule has 0 radical (unpaired) electrons. The summed E-state index contributed by atoms with van der Waals surface area (Å²) in [6.07, 6.45) is 0.156. The van der Waals surface area contributed by atoms with E-state index >= 15 is 0 Å². The van der Waals surface area contributed by atoms with Crippen molar-refractivity contribution in [3.05, 3.63) is 60.2 Å². The molecular weight excluding hydrogens is 374 g/mol. The maximum atomic E-state index is 13.1. The van der Waals surface area contributed by atoms with Gasteiger partial charge in [0.1, 0.15) is 11.6 Å². The molecule has 6 nitrogen and oxygen atoms in total. The van der Waals surface area contributed by atoms with Crippen LogP contribution in [0.5, 0.6) is 0 Å². The van der Waals surface area contributed by atoms with Gasteiger partial charge >= 0.3 is 0 Å². The zero-order valence-electron chi connectivity index (χ0n) is 12.9. The maximum Gasteiger partial charge on any atom is 0.240 e. The Bertz CT molecular complexity index is 870. The summed E-state index contributed by atoms with van der Waals surface area (Å²) in [5.74, 6) is -1.35. The molecule has 0 aromatic heterocycles. The van der Waals surface area contributed by atoms with Gasteiger partial charge in [0.25, 0.3) is 0 Å². The van der Waals surface area contributed by atoms with Gasteiger partial charge in [-0.15, -0.1) is 0 Å². The van der Waals surface area contributed by atoms with E-state index in [0.29, 0.717) is 0 Å². The Labute approximate surface area is 145 Å². The summed E-state index contributed by atoms with van der Waals surface area (Å²) < 4.78 is 78.4. The highest BCUT2D eigenvalue weighted by Crippen LogP contribution is 2.11. The van der Waals surface area contributed by atoms with Crippen molar-refractivity contribution in [3.8, 4) is 0 Å². The number of rotatable bonds is 8. The second-order valence-corrected chi connectivity index (χ2v) is 8.60. The van der Waals surface area contributed by atoms with Gasteiger partial charge in [0.15, 0.2) is 0 Å². The van der Waals surface area contributed by atoms with Crippen molar-refractivity contribution in [3.63, 3.8) is 0 Å². The van der Waals surface area contributed by atoms with E-state index in [1.165, 1.54) is 24.3 Å². The van der Waals surface area contributed by atoms with Gasteiger partial charge in [-0.25, -0.2) is 35.1 Å². The fourth-order valence-electron chi connectivity index (χ4n) is 1.94. The topological polar surface area (TPSA) is 92.3 Å². The standard InChI is InChI=1S/C15H16F2N2O4S2/c16-12-4-1-6-14(10-12)24(20,21)18-8-3-9-19-25(22,23)15-7-2-5-13(17)11-15/h1-2,4-7,10-11,18-19H,3,8-9H2. The highest BCUT2D eigenvalue weighted by atomic mass is 32.2. The zero-order chi connectivity index (χ0) is 18.5. The SMILES string of the molecule is O=S(=O)(NCCCNS(=O)(=O)c1cccc(F)c1)c1cccc(F)c1. The minimum atomic E-state index is -3.87. The Kier molecular flexibility index (Phi) is 6.22. The summed E-state index contributed by atoms with van der Waals surface area (Å²) in [5.41, 5.74) is 0. The molecule has 10 heteroatoms. The first kappa shape index (κ1) is 19.4. The minimum absolute atomic E-state index is 0.0511. The molecule has 0 unspecified atom stereocenters. The van der Waals surface area contributed by atoms with Crippen LogP contribution in [0.3, 0.4) is 0 Å². The van der Waals surface area contributed by atoms with Crippen molar-refractivity contribution in [1.29, 1.82) is 0 Å². The second-order valence-electron chi connectivity index (χ2n) is 5.06. The molecule has 0 aliphatic carbocycles. The molecule has 0 aliphatic rings. The maximum absolute atomic E-state index is 13.1. The summed E-state index contributed by atoms with van der Waals surface area (Å²) in [6.45, 7) is -0.102. The minimum Gasteiger partial charge on any atom is -0.211 e. The van der Waals surface area contributed by atoms with E-state index in [-0.39, 0.29) is 29.3 Å². The normalized spacial score (nSPS) is 12.2. The number of halogens is 2. The average Bonchev–Trinajstić information content (AvgIpc) is 2.54. The number of hydrogen-bond acceptors (Lipinski definition) is 4. The summed E-state index contributed by atoms with van der Waals surface area (Å²) in [7, 11) is -7.75. The van der Waals surface area contributed by atoms with Crippen molar-refractivity contribution in [2.24, 2.45) is 0 Å². The van der Waals surface area contributed by atoms with Gasteiger partial charge in [0.2, 0.25) is 20.0 Å². The van der Waals surface area contributed by atoms with Crippen molar-refractivity contribution in [2.45, 2.75) is 16.2 Å². The third-order valence-electron chi connectivity index (χ3n) is 3.15. The summed E-state index contributed by atoms with van der Waals surface area (Å²) >= 11 is 0. The fourth-order valence-corrected chi connectivity index (χ4v) is 4.15. The highest BCUT2D eigenvalue weighted by Gasteiger charge is 2.16. The predicted octanol–water partition coefficient (Wildman–Crippen LogP) is 1.61. The van der Waals surface area contributed by atoms with Crippen LogP contribution >= 0.6 is 0 Å². The van der Waals surface area contributed by atoms with Gasteiger partial charge in [-0.05, 0) is 42.8 Å². The van der Waals surface area contributed by atoms with E-state index in [4.69, 9.17) is 0 Å². The summed E-state index contributed by atoms with van der Waals surface area (Å²) in [4.78, 5) is -0.430. The lowest BCUT2D eigenvalue weighted by Crippen LogP contribution is -2.30. The Hall–Kier alpha value is -1.88. The molecule has 0 amide bonds. The summed E-state index contributed by atoms with van der Waals surface area (Å²) in [6, 6.07) is 9.06. The molecule has 2 N–H and O–H groups in total. The van der Waals surface area contributed by atoms with E-state index in [1.807, 2.05) is 0 Å². The highest BCUT2D eigenvalue weighted by molar-refractivity contribution is 7.89. The average molecular weight is 390 g/mol. The second kappa shape index (κ2) is 8.00. The van der Waals surface area contributed by atoms with E-state index in [9.17, 15) is 25.6 Å². The Morgan fingerprint density at radius 3 is 1.48 bits per heavy atom. The van der Waals surface area contributed by atoms with Crippen LogP contribution in [-0.2, 0) is 20.0 Å². The number of benzene rings is 2. The molecule has 0 fully saturated rings. The molecule has 0 heterocycles. The lowest BCUT2D eigenvalue weighted by Gasteiger charge is -2.08. The Morgan fingerprint density at radius 2 is 1.12 bits per heavy atom. The van der Waals surface area contributed by atoms with Gasteiger partial charge in [-0.3, -0.25) is 0 Å². The van der Waals surface area contributed by atoms with Gasteiger partial charge in [-0.2, -0.15) is 0 Å². The molecule has 0 atom stereocenters. The van der Waals surface area contributed by atoms with E-state index in [1.54, 1.807) is 0 Å². The molecule has 0 spiro atoms. The third-order valence-corrected chi connectivity index (χ3v) is 6.07. The molecular formula is C15H16F2N2O4S2. The summed E-state index contributed by atoms with van der Waals surface area (Å²) in [5, 5.41) is 0. The lowest BCUT2D eigenvalue weighted by atomic mass is 10.4. The van der Waals surface area contributed by atoms with Crippen LogP contribution in [0, 0.1) is 11.6 Å². The van der Waals surface area contributed by atoms with Crippen LogP contribution in [0.15, 0.2) is 58.3 Å². The molecule has 0 saturated carbocycles. The largest absolute Gasteiger partial charge is 0.240 e. The Morgan fingerprint density at radius 1 is 0.720 bits per heavy atom. The fraction of sp³-hybridized carbons (Fsp3) is 0.200. The number of hydrogen-bond donors (Lipinski definition) is 2. The van der Waals surface area contributed by atoms with Crippen LogP contribution in [0.2, 0.25) is 0 Å². The third kappa shape index (κ3) is 5.56. The van der Waals surface area contributed by atoms with Gasteiger partial charge in [0.05, 0.1) is 9.79 Å². The number of sulfonamides is 2. The van der Waals surface area contributed by atoms with Crippen molar-refractivity contribution in [2.75, 3.05) is 13.1 Å². The van der Waals surface area contributed by atoms with Gasteiger partial charge < -0.3 is 0 Å². The predicted molar refractivity (Wildman–Crippen MR) is 87.8 cm³/mol. The lowest BCUT2D eigenvalue weighted by molar-refractivity contribution is 0.568. The first-order valence-electron chi connectivity index (χ1n) is 7.21. The van der Waals surface area contributed by atoms with E-state index < -0.39 is 31.7 Å². The molecule has 2 aromatic rings. The Balaban J connectivity index is 1.85. The van der Waals surface area contributed by atoms with E-state index in [2.05, 4.69) is 9.44 Å².